The number of rotatable bonds is 7. The first-order valence-corrected chi connectivity index (χ1v) is 9.09. The molecule has 1 aliphatic heterocycles. The van der Waals surface area contributed by atoms with Crippen LogP contribution in [0.4, 0.5) is 0 Å². The second kappa shape index (κ2) is 7.87. The van der Waals surface area contributed by atoms with E-state index in [2.05, 4.69) is 9.62 Å². The van der Waals surface area contributed by atoms with Gasteiger partial charge in [0.2, 0.25) is 15.9 Å². The summed E-state index contributed by atoms with van der Waals surface area (Å²) in [4.78, 5) is 13.6. The molecule has 1 amide bonds. The van der Waals surface area contributed by atoms with E-state index in [-0.39, 0.29) is 10.5 Å². The van der Waals surface area contributed by atoms with Crippen LogP contribution in [0.25, 0.3) is 0 Å². The van der Waals surface area contributed by atoms with Gasteiger partial charge in [0, 0.05) is 25.2 Å². The number of nitrogens with two attached hydrogens (primary N) is 1. The molecule has 3 N–H and O–H groups in total. The molecule has 0 aliphatic carbocycles. The van der Waals surface area contributed by atoms with E-state index in [1.54, 1.807) is 13.0 Å². The lowest BCUT2D eigenvalue weighted by molar-refractivity contribution is 0.0376. The lowest BCUT2D eigenvalue weighted by atomic mass is 10.1. The zero-order valence-corrected chi connectivity index (χ0v) is 14.1. The van der Waals surface area contributed by atoms with Crippen molar-refractivity contribution in [1.82, 2.24) is 9.62 Å². The number of hydrogen-bond acceptors (Lipinski definition) is 5. The van der Waals surface area contributed by atoms with Gasteiger partial charge in [-0.1, -0.05) is 6.07 Å². The largest absolute Gasteiger partial charge is 0.379 e. The lowest BCUT2D eigenvalue weighted by Crippen LogP contribution is -2.38. The highest BCUT2D eigenvalue weighted by molar-refractivity contribution is 7.89. The normalized spacial score (nSPS) is 16.4. The first kappa shape index (κ1) is 17.9. The Kier molecular flexibility index (Phi) is 6.11. The van der Waals surface area contributed by atoms with Gasteiger partial charge in [-0.3, -0.25) is 9.69 Å². The number of amides is 1. The van der Waals surface area contributed by atoms with Crippen LogP contribution in [0, 0.1) is 6.92 Å². The zero-order valence-electron chi connectivity index (χ0n) is 13.2. The quantitative estimate of drug-likeness (QED) is 0.685. The van der Waals surface area contributed by atoms with E-state index in [0.29, 0.717) is 18.5 Å². The number of ether oxygens (including phenoxy) is 1. The molecule has 0 saturated carbocycles. The van der Waals surface area contributed by atoms with Gasteiger partial charge in [0.1, 0.15) is 0 Å². The number of carbonyl (C=O) groups excluding carboxylic acids is 1. The summed E-state index contributed by atoms with van der Waals surface area (Å²) < 4.78 is 32.4. The highest BCUT2D eigenvalue weighted by Gasteiger charge is 2.17. The Bertz CT molecular complexity index is 655. The molecule has 0 spiro atoms. The summed E-state index contributed by atoms with van der Waals surface area (Å²) in [5, 5.41) is 0. The fourth-order valence-electron chi connectivity index (χ4n) is 2.45. The predicted molar refractivity (Wildman–Crippen MR) is 86.8 cm³/mol. The van der Waals surface area contributed by atoms with Crippen molar-refractivity contribution in [2.45, 2.75) is 18.2 Å². The molecule has 8 heteroatoms. The maximum absolute atomic E-state index is 12.3. The number of aryl methyl sites for hydroxylation is 1. The Morgan fingerprint density at radius 1 is 1.35 bits per heavy atom. The van der Waals surface area contributed by atoms with Crippen LogP contribution >= 0.6 is 0 Å². The van der Waals surface area contributed by atoms with Crippen LogP contribution in [-0.4, -0.2) is 58.6 Å². The molecule has 1 heterocycles. The van der Waals surface area contributed by atoms with Crippen LogP contribution in [0.2, 0.25) is 0 Å². The van der Waals surface area contributed by atoms with Gasteiger partial charge in [0.05, 0.1) is 18.1 Å². The molecule has 0 unspecified atom stereocenters. The highest BCUT2D eigenvalue weighted by Crippen LogP contribution is 2.15. The van der Waals surface area contributed by atoms with Gasteiger partial charge in [0.25, 0.3) is 0 Å². The summed E-state index contributed by atoms with van der Waals surface area (Å²) in [7, 11) is -3.64. The third-order valence-electron chi connectivity index (χ3n) is 3.83. The molecule has 1 aliphatic rings. The Balaban J connectivity index is 1.91. The zero-order chi connectivity index (χ0) is 16.9. The Labute approximate surface area is 136 Å². The standard InChI is InChI=1S/C15H23N3O4S/c1-12-3-4-13(11-14(12)15(16)19)23(20,21)17-5-2-6-18-7-9-22-10-8-18/h3-4,11,17H,2,5-10H2,1H3,(H2,16,19). The number of morpholine rings is 1. The van der Waals surface area contributed by atoms with E-state index in [0.717, 1.165) is 32.8 Å². The molecule has 0 aromatic heterocycles. The van der Waals surface area contributed by atoms with Crippen LogP contribution in [0.3, 0.4) is 0 Å². The summed E-state index contributed by atoms with van der Waals surface area (Å²) in [5.74, 6) is -0.633. The second-order valence-electron chi connectivity index (χ2n) is 5.55. The van der Waals surface area contributed by atoms with Crippen molar-refractivity contribution >= 4 is 15.9 Å². The summed E-state index contributed by atoms with van der Waals surface area (Å²) in [6, 6.07) is 4.39. The van der Waals surface area contributed by atoms with E-state index in [9.17, 15) is 13.2 Å². The van der Waals surface area contributed by atoms with Gasteiger partial charge >= 0.3 is 0 Å². The van der Waals surface area contributed by atoms with Crippen LogP contribution in [0.1, 0.15) is 22.3 Å². The first-order chi connectivity index (χ1) is 10.9. The fourth-order valence-corrected chi connectivity index (χ4v) is 3.55. The number of nitrogens with one attached hydrogen (secondary N) is 1. The average molecular weight is 341 g/mol. The molecule has 0 atom stereocenters. The molecule has 2 rings (SSSR count). The van der Waals surface area contributed by atoms with Crippen LogP contribution in [0.5, 0.6) is 0 Å². The average Bonchev–Trinajstić information content (AvgIpc) is 2.52. The summed E-state index contributed by atoms with van der Waals surface area (Å²) in [6.45, 7) is 6.10. The summed E-state index contributed by atoms with van der Waals surface area (Å²) in [5.41, 5.74) is 6.14. The van der Waals surface area contributed by atoms with Gasteiger partial charge in [0.15, 0.2) is 0 Å². The summed E-state index contributed by atoms with van der Waals surface area (Å²) >= 11 is 0. The molecule has 23 heavy (non-hydrogen) atoms. The molecule has 0 radical (unpaired) electrons. The van der Waals surface area contributed by atoms with Gasteiger partial charge in [-0.15, -0.1) is 0 Å². The maximum atomic E-state index is 12.3. The number of primary amides is 1. The van der Waals surface area contributed by atoms with Gasteiger partial charge in [-0.25, -0.2) is 13.1 Å². The van der Waals surface area contributed by atoms with E-state index < -0.39 is 15.9 Å². The van der Waals surface area contributed by atoms with Crippen LogP contribution in [0.15, 0.2) is 23.1 Å². The Morgan fingerprint density at radius 3 is 2.70 bits per heavy atom. The minimum Gasteiger partial charge on any atom is -0.379 e. The third-order valence-corrected chi connectivity index (χ3v) is 5.29. The highest BCUT2D eigenvalue weighted by atomic mass is 32.2. The number of sulfonamides is 1. The van der Waals surface area contributed by atoms with Crippen molar-refractivity contribution < 1.29 is 17.9 Å². The molecule has 1 saturated heterocycles. The molecular formula is C15H23N3O4S. The second-order valence-corrected chi connectivity index (χ2v) is 7.31. The third kappa shape index (κ3) is 5.00. The van der Waals surface area contributed by atoms with Crippen LogP contribution < -0.4 is 10.5 Å². The smallest absolute Gasteiger partial charge is 0.249 e. The molecule has 128 valence electrons. The minimum absolute atomic E-state index is 0.0586. The van der Waals surface area contributed by atoms with Crippen molar-refractivity contribution in [1.29, 1.82) is 0 Å². The SMILES string of the molecule is Cc1ccc(S(=O)(=O)NCCCN2CCOCC2)cc1C(N)=O. The summed E-state index contributed by atoms with van der Waals surface area (Å²) in [6.07, 6.45) is 0.716. The fraction of sp³-hybridized carbons (Fsp3) is 0.533. The number of benzene rings is 1. The van der Waals surface area contributed by atoms with E-state index in [1.165, 1.54) is 12.1 Å². The molecule has 1 aromatic carbocycles. The van der Waals surface area contributed by atoms with Crippen molar-refractivity contribution in [2.24, 2.45) is 5.73 Å². The maximum Gasteiger partial charge on any atom is 0.249 e. The monoisotopic (exact) mass is 341 g/mol. The van der Waals surface area contributed by atoms with Gasteiger partial charge in [-0.05, 0) is 37.6 Å². The molecular weight excluding hydrogens is 318 g/mol. The first-order valence-electron chi connectivity index (χ1n) is 7.60. The van der Waals surface area contributed by atoms with Crippen LogP contribution in [-0.2, 0) is 14.8 Å². The topological polar surface area (TPSA) is 102 Å². The molecule has 1 fully saturated rings. The van der Waals surface area contributed by atoms with Gasteiger partial charge in [-0.2, -0.15) is 0 Å². The van der Waals surface area contributed by atoms with E-state index in [4.69, 9.17) is 10.5 Å². The Morgan fingerprint density at radius 2 is 2.04 bits per heavy atom. The number of nitrogens with zero attached hydrogens (tertiary/aromatic N) is 1. The van der Waals surface area contributed by atoms with Gasteiger partial charge < -0.3 is 10.5 Å². The van der Waals surface area contributed by atoms with E-state index >= 15 is 0 Å². The van der Waals surface area contributed by atoms with Crippen molar-refractivity contribution in [2.75, 3.05) is 39.4 Å². The molecule has 1 aromatic rings. The minimum atomic E-state index is -3.64. The van der Waals surface area contributed by atoms with Crippen molar-refractivity contribution in [3.63, 3.8) is 0 Å². The van der Waals surface area contributed by atoms with Crippen molar-refractivity contribution in [3.05, 3.63) is 29.3 Å². The Hall–Kier alpha value is -1.48. The van der Waals surface area contributed by atoms with Crippen molar-refractivity contribution in [3.8, 4) is 0 Å². The molecule has 0 bridgehead atoms. The van der Waals surface area contributed by atoms with E-state index in [1.807, 2.05) is 0 Å². The lowest BCUT2D eigenvalue weighted by Gasteiger charge is -2.26. The number of hydrogen-bond donors (Lipinski definition) is 2. The predicted octanol–water partition coefficient (Wildman–Crippen LogP) is 0.0945. The number of carbonyl (C=O) groups is 1. The molecule has 7 nitrogen and oxygen atoms in total.